The van der Waals surface area contributed by atoms with Gasteiger partial charge in [0.15, 0.2) is 5.65 Å². The van der Waals surface area contributed by atoms with Gasteiger partial charge in [-0.1, -0.05) is 46.0 Å². The van der Waals surface area contributed by atoms with Crippen LogP contribution in [0.25, 0.3) is 11.0 Å². The van der Waals surface area contributed by atoms with Crippen molar-refractivity contribution in [2.45, 2.75) is 58.3 Å². The van der Waals surface area contributed by atoms with Crippen molar-refractivity contribution in [1.82, 2.24) is 20.2 Å². The molecule has 0 aliphatic rings. The largest absolute Gasteiger partial charge is 0.383 e. The Hall–Kier alpha value is -1.65. The number of hydrogen-bond donors (Lipinski definition) is 2. The van der Waals surface area contributed by atoms with E-state index < -0.39 is 0 Å². The van der Waals surface area contributed by atoms with Crippen molar-refractivity contribution in [1.29, 1.82) is 0 Å². The third-order valence-electron chi connectivity index (χ3n) is 3.64. The van der Waals surface area contributed by atoms with Crippen molar-refractivity contribution >= 4 is 16.9 Å². The zero-order valence-electron chi connectivity index (χ0n) is 11.8. The van der Waals surface area contributed by atoms with Crippen molar-refractivity contribution in [3.63, 3.8) is 0 Å². The first-order valence-corrected chi connectivity index (χ1v) is 7.18. The Labute approximate surface area is 114 Å². The lowest BCUT2D eigenvalue weighted by molar-refractivity contribution is 0.561. The molecule has 0 aliphatic heterocycles. The van der Waals surface area contributed by atoms with Gasteiger partial charge in [-0.2, -0.15) is 5.10 Å². The molecule has 0 fully saturated rings. The maximum atomic E-state index is 5.92. The van der Waals surface area contributed by atoms with Gasteiger partial charge in [-0.05, 0) is 12.3 Å². The number of aromatic amines is 1. The molecule has 2 aromatic heterocycles. The Morgan fingerprint density at radius 2 is 2.00 bits per heavy atom. The van der Waals surface area contributed by atoms with Crippen molar-refractivity contribution in [3.05, 3.63) is 12.0 Å². The van der Waals surface area contributed by atoms with Crippen LogP contribution in [0, 0.1) is 0 Å². The van der Waals surface area contributed by atoms with E-state index in [2.05, 4.69) is 34.0 Å². The molecule has 0 aliphatic carbocycles. The van der Waals surface area contributed by atoms with Gasteiger partial charge in [-0.15, -0.1) is 0 Å². The lowest BCUT2D eigenvalue weighted by Gasteiger charge is -2.10. The maximum Gasteiger partial charge on any atom is 0.186 e. The van der Waals surface area contributed by atoms with Crippen molar-refractivity contribution < 1.29 is 0 Å². The van der Waals surface area contributed by atoms with Gasteiger partial charge < -0.3 is 5.73 Å². The molecule has 0 unspecified atom stereocenters. The number of nitrogens with two attached hydrogens (primary N) is 1. The molecule has 0 radical (unpaired) electrons. The predicted octanol–water partition coefficient (Wildman–Crippen LogP) is 3.40. The smallest absolute Gasteiger partial charge is 0.186 e. The summed E-state index contributed by atoms with van der Waals surface area (Å²) in [4.78, 5) is 8.18. The number of H-pyrrole nitrogens is 1. The number of anilines is 1. The minimum absolute atomic E-state index is 0.417. The van der Waals surface area contributed by atoms with Crippen LogP contribution in [0.1, 0.15) is 64.0 Å². The molecule has 0 aromatic carbocycles. The summed E-state index contributed by atoms with van der Waals surface area (Å²) < 4.78 is 0. The molecule has 0 amide bonds. The topological polar surface area (TPSA) is 80.5 Å². The number of nitrogen functional groups attached to an aromatic ring is 1. The second-order valence-electron chi connectivity index (χ2n) is 5.20. The van der Waals surface area contributed by atoms with E-state index in [-0.39, 0.29) is 0 Å². The molecule has 104 valence electrons. The van der Waals surface area contributed by atoms with Crippen molar-refractivity contribution in [2.75, 3.05) is 5.73 Å². The van der Waals surface area contributed by atoms with Crippen LogP contribution in [-0.2, 0) is 0 Å². The fourth-order valence-corrected chi connectivity index (χ4v) is 2.46. The zero-order chi connectivity index (χ0) is 13.7. The van der Waals surface area contributed by atoms with Gasteiger partial charge >= 0.3 is 0 Å². The lowest BCUT2D eigenvalue weighted by Crippen LogP contribution is -1.98. The van der Waals surface area contributed by atoms with Gasteiger partial charge in [0.05, 0.1) is 11.1 Å². The Morgan fingerprint density at radius 1 is 1.21 bits per heavy atom. The van der Waals surface area contributed by atoms with Crippen molar-refractivity contribution in [3.8, 4) is 0 Å². The van der Waals surface area contributed by atoms with Crippen LogP contribution in [0.15, 0.2) is 6.33 Å². The first-order valence-electron chi connectivity index (χ1n) is 7.18. The summed E-state index contributed by atoms with van der Waals surface area (Å²) in [6.07, 6.45) is 9.10. The van der Waals surface area contributed by atoms with Crippen LogP contribution >= 0.6 is 0 Å². The highest BCUT2D eigenvalue weighted by molar-refractivity contribution is 5.87. The quantitative estimate of drug-likeness (QED) is 0.748. The van der Waals surface area contributed by atoms with E-state index in [1.54, 1.807) is 0 Å². The van der Waals surface area contributed by atoms with E-state index in [0.29, 0.717) is 17.4 Å². The number of nitrogens with zero attached hydrogens (tertiary/aromatic N) is 3. The van der Waals surface area contributed by atoms with E-state index in [9.17, 15) is 0 Å². The van der Waals surface area contributed by atoms with E-state index in [1.807, 2.05) is 0 Å². The summed E-state index contributed by atoms with van der Waals surface area (Å²) in [5.74, 6) is 0.937. The molecule has 0 spiro atoms. The monoisotopic (exact) mass is 261 g/mol. The summed E-state index contributed by atoms with van der Waals surface area (Å²) in [6, 6.07) is 0. The maximum absolute atomic E-state index is 5.92. The van der Waals surface area contributed by atoms with Crippen LogP contribution in [0.5, 0.6) is 0 Å². The van der Waals surface area contributed by atoms with Crippen LogP contribution in [0.4, 0.5) is 5.82 Å². The molecule has 1 atom stereocenters. The normalized spacial score (nSPS) is 12.9. The van der Waals surface area contributed by atoms with Gasteiger partial charge in [0.25, 0.3) is 0 Å². The Morgan fingerprint density at radius 3 is 2.79 bits per heavy atom. The Kier molecular flexibility index (Phi) is 4.71. The summed E-state index contributed by atoms with van der Waals surface area (Å²) >= 11 is 0. The van der Waals surface area contributed by atoms with Gasteiger partial charge in [-0.25, -0.2) is 9.97 Å². The highest BCUT2D eigenvalue weighted by Crippen LogP contribution is 2.28. The molecule has 2 heterocycles. The number of hydrogen-bond acceptors (Lipinski definition) is 4. The molecule has 3 N–H and O–H groups in total. The molecule has 5 nitrogen and oxygen atoms in total. The van der Waals surface area contributed by atoms with Crippen LogP contribution in [-0.4, -0.2) is 20.2 Å². The summed E-state index contributed by atoms with van der Waals surface area (Å²) in [5, 5.41) is 8.17. The zero-order valence-corrected chi connectivity index (χ0v) is 11.8. The number of aromatic nitrogens is 4. The Bertz CT molecular complexity index is 520. The summed E-state index contributed by atoms with van der Waals surface area (Å²) in [7, 11) is 0. The fourth-order valence-electron chi connectivity index (χ4n) is 2.46. The lowest BCUT2D eigenvalue weighted by atomic mass is 9.97. The minimum atomic E-state index is 0.417. The summed E-state index contributed by atoms with van der Waals surface area (Å²) in [6.45, 7) is 4.45. The van der Waals surface area contributed by atoms with Crippen LogP contribution < -0.4 is 5.73 Å². The first-order chi connectivity index (χ1) is 9.24. The number of unbranched alkanes of at least 4 members (excludes halogenated alkanes) is 4. The molecule has 19 heavy (non-hydrogen) atoms. The Balaban J connectivity index is 1.99. The van der Waals surface area contributed by atoms with E-state index >= 15 is 0 Å². The second-order valence-corrected chi connectivity index (χ2v) is 5.20. The highest BCUT2D eigenvalue weighted by Gasteiger charge is 2.15. The number of fused-ring (bicyclic) bond motifs is 1. The predicted molar refractivity (Wildman–Crippen MR) is 77.9 cm³/mol. The molecule has 2 aromatic rings. The van der Waals surface area contributed by atoms with Crippen LogP contribution in [0.2, 0.25) is 0 Å². The van der Waals surface area contributed by atoms with E-state index in [0.717, 1.165) is 17.5 Å². The van der Waals surface area contributed by atoms with Crippen molar-refractivity contribution in [2.24, 2.45) is 0 Å². The molecule has 2 rings (SSSR count). The highest BCUT2D eigenvalue weighted by atomic mass is 15.2. The van der Waals surface area contributed by atoms with E-state index in [4.69, 9.17) is 5.73 Å². The average Bonchev–Trinajstić information content (AvgIpc) is 2.84. The summed E-state index contributed by atoms with van der Waals surface area (Å²) in [5.41, 5.74) is 7.66. The van der Waals surface area contributed by atoms with Gasteiger partial charge in [0.2, 0.25) is 0 Å². The molecule has 5 heteroatoms. The first kappa shape index (κ1) is 13.8. The fraction of sp³-hybridized carbons (Fsp3) is 0.643. The van der Waals surface area contributed by atoms with Gasteiger partial charge in [-0.3, -0.25) is 5.10 Å². The number of rotatable bonds is 7. The SMILES string of the molecule is CCCCCCC[C@H](C)c1[nH]nc2ncnc(N)c12. The molecule has 0 saturated heterocycles. The van der Waals surface area contributed by atoms with E-state index in [1.165, 1.54) is 38.4 Å². The molecular formula is C14H23N5. The minimum Gasteiger partial charge on any atom is -0.383 e. The standard InChI is InChI=1S/C14H23N5/c1-3-4-5-6-7-8-10(2)12-11-13(15)16-9-17-14(11)19-18-12/h9-10H,3-8H2,1-2H3,(H3,15,16,17,18,19)/t10-/m0/s1. The molecular weight excluding hydrogens is 238 g/mol. The van der Waals surface area contributed by atoms with Gasteiger partial charge in [0, 0.05) is 0 Å². The number of nitrogens with one attached hydrogen (secondary N) is 1. The second kappa shape index (κ2) is 6.50. The third-order valence-corrected chi connectivity index (χ3v) is 3.64. The van der Waals surface area contributed by atoms with Crippen LogP contribution in [0.3, 0.4) is 0 Å². The third kappa shape index (κ3) is 3.22. The molecule has 0 bridgehead atoms. The van der Waals surface area contributed by atoms with Gasteiger partial charge in [0.1, 0.15) is 12.1 Å². The molecule has 0 saturated carbocycles. The average molecular weight is 261 g/mol.